The Bertz CT molecular complexity index is 1540. The molecule has 3 aromatic carbocycles. The largest absolute Gasteiger partial charge is 0.479 e. The van der Waals surface area contributed by atoms with Gasteiger partial charge in [0, 0.05) is 37.1 Å². The lowest BCUT2D eigenvalue weighted by Gasteiger charge is -2.25. The molecule has 210 valence electrons. The van der Waals surface area contributed by atoms with Crippen molar-refractivity contribution in [2.24, 2.45) is 0 Å². The van der Waals surface area contributed by atoms with Crippen molar-refractivity contribution in [3.8, 4) is 17.1 Å². The molecular weight excluding hydrogens is 537 g/mol. The Balaban J connectivity index is 1.70. The number of fused-ring (bicyclic) bond motifs is 2. The van der Waals surface area contributed by atoms with Crippen molar-refractivity contribution >= 4 is 51.6 Å². The molecule has 1 aromatic heterocycles. The van der Waals surface area contributed by atoms with Crippen LogP contribution in [0.3, 0.4) is 0 Å². The molecule has 0 saturated heterocycles. The van der Waals surface area contributed by atoms with Gasteiger partial charge in [-0.05, 0) is 49.6 Å². The number of nitrogens with one attached hydrogen (secondary N) is 2. The molecule has 0 fully saturated rings. The van der Waals surface area contributed by atoms with E-state index >= 15 is 4.39 Å². The first-order valence-corrected chi connectivity index (χ1v) is 13.2. The average Bonchev–Trinajstić information content (AvgIpc) is 2.89. The van der Waals surface area contributed by atoms with E-state index in [1.54, 1.807) is 37.8 Å². The maximum Gasteiger partial charge on any atom is 0.407 e. The molecule has 9 nitrogen and oxygen atoms in total. The van der Waals surface area contributed by atoms with E-state index in [4.69, 9.17) is 16.3 Å². The second kappa shape index (κ2) is 12.3. The van der Waals surface area contributed by atoms with Crippen molar-refractivity contribution in [3.63, 3.8) is 0 Å². The summed E-state index contributed by atoms with van der Waals surface area (Å²) in [6, 6.07) is 14.1. The summed E-state index contributed by atoms with van der Waals surface area (Å²) in [5.41, 5.74) is 0.0608. The lowest BCUT2D eigenvalue weighted by Crippen LogP contribution is -2.36. The lowest BCUT2D eigenvalue weighted by atomic mass is 9.96. The van der Waals surface area contributed by atoms with E-state index in [0.717, 1.165) is 10.8 Å². The fourth-order valence-electron chi connectivity index (χ4n) is 4.46. The Morgan fingerprint density at radius 2 is 1.85 bits per heavy atom. The van der Waals surface area contributed by atoms with E-state index in [-0.39, 0.29) is 28.5 Å². The number of nitrogens with zero attached hydrogens (tertiary/aromatic N) is 3. The summed E-state index contributed by atoms with van der Waals surface area (Å²) >= 11 is 6.70. The van der Waals surface area contributed by atoms with Gasteiger partial charge in [-0.2, -0.15) is 9.97 Å². The molecule has 0 aliphatic rings. The van der Waals surface area contributed by atoms with Gasteiger partial charge in [0.1, 0.15) is 16.9 Å². The molecule has 4 aromatic rings. The quantitative estimate of drug-likeness (QED) is 0.173. The first-order chi connectivity index (χ1) is 19.1. The summed E-state index contributed by atoms with van der Waals surface area (Å²) < 4.78 is 21.4. The third kappa shape index (κ3) is 6.69. The van der Waals surface area contributed by atoms with Gasteiger partial charge in [-0.1, -0.05) is 54.1 Å². The zero-order valence-corrected chi connectivity index (χ0v) is 23.3. The maximum absolute atomic E-state index is 16.2. The van der Waals surface area contributed by atoms with Crippen molar-refractivity contribution in [1.29, 1.82) is 0 Å². The van der Waals surface area contributed by atoms with Crippen molar-refractivity contribution in [3.05, 3.63) is 59.4 Å². The summed E-state index contributed by atoms with van der Waals surface area (Å²) in [6.45, 7) is 6.53. The number of ether oxygens (including phenoxy) is 1. The summed E-state index contributed by atoms with van der Waals surface area (Å²) in [7, 11) is 0. The molecule has 1 heterocycles. The van der Waals surface area contributed by atoms with Crippen molar-refractivity contribution < 1.29 is 23.8 Å². The number of hydrogen-bond acceptors (Lipinski definition) is 7. The monoisotopic (exact) mass is 567 g/mol. The molecule has 0 aliphatic carbocycles. The number of aromatic hydroxyl groups is 1. The Labute approximate surface area is 236 Å². The van der Waals surface area contributed by atoms with Gasteiger partial charge in [0.25, 0.3) is 0 Å². The van der Waals surface area contributed by atoms with E-state index in [2.05, 4.69) is 20.6 Å². The molecule has 0 radical (unpaired) electrons. The number of carbonyl (C=O) groups excluding carboxylic acids is 2. The molecule has 0 saturated carbocycles. The SMILES string of the molecule is CC(C)(C)OC(=O)NCCCN(CCNC=O)c1nc(O)nc2c(F)c(-c3cccc4ccccc34)c(Cl)cc12. The number of hydrogen-bond donors (Lipinski definition) is 3. The number of carbonyl (C=O) groups is 2. The topological polar surface area (TPSA) is 117 Å². The fraction of sp³-hybridized carbons (Fsp3) is 0.310. The van der Waals surface area contributed by atoms with Gasteiger partial charge < -0.3 is 25.4 Å². The van der Waals surface area contributed by atoms with Crippen LogP contribution in [0.2, 0.25) is 5.02 Å². The van der Waals surface area contributed by atoms with E-state index in [1.165, 1.54) is 0 Å². The van der Waals surface area contributed by atoms with Gasteiger partial charge in [0.05, 0.1) is 5.02 Å². The van der Waals surface area contributed by atoms with Crippen LogP contribution in [-0.2, 0) is 9.53 Å². The summed E-state index contributed by atoms with van der Waals surface area (Å²) in [5.74, 6) is -0.437. The first kappa shape index (κ1) is 28.8. The van der Waals surface area contributed by atoms with E-state index in [1.807, 2.05) is 36.4 Å². The smallest absolute Gasteiger partial charge is 0.407 e. The number of alkyl carbamates (subject to hydrolysis) is 1. The molecule has 4 rings (SSSR count). The molecule has 0 spiro atoms. The number of amides is 2. The Morgan fingerprint density at radius 1 is 1.10 bits per heavy atom. The third-order valence-corrected chi connectivity index (χ3v) is 6.39. The van der Waals surface area contributed by atoms with Crippen LogP contribution >= 0.6 is 11.6 Å². The second-order valence-corrected chi connectivity index (χ2v) is 10.6. The van der Waals surface area contributed by atoms with Gasteiger partial charge in [-0.25, -0.2) is 9.18 Å². The molecule has 0 aliphatic heterocycles. The molecular formula is C29H31ClFN5O4. The van der Waals surface area contributed by atoms with Crippen molar-refractivity contribution in [2.75, 3.05) is 31.1 Å². The number of benzene rings is 3. The highest BCUT2D eigenvalue weighted by atomic mass is 35.5. The highest BCUT2D eigenvalue weighted by Gasteiger charge is 2.23. The van der Waals surface area contributed by atoms with Crippen LogP contribution in [0.15, 0.2) is 48.5 Å². The van der Waals surface area contributed by atoms with E-state index < -0.39 is 23.5 Å². The zero-order valence-electron chi connectivity index (χ0n) is 22.5. The normalized spacial score (nSPS) is 11.4. The Morgan fingerprint density at radius 3 is 2.60 bits per heavy atom. The van der Waals surface area contributed by atoms with Gasteiger partial charge in [0.2, 0.25) is 6.41 Å². The minimum atomic E-state index is -0.685. The van der Waals surface area contributed by atoms with Gasteiger partial charge in [0.15, 0.2) is 5.82 Å². The van der Waals surface area contributed by atoms with Crippen LogP contribution in [0.5, 0.6) is 6.01 Å². The van der Waals surface area contributed by atoms with Gasteiger partial charge >= 0.3 is 12.1 Å². The lowest BCUT2D eigenvalue weighted by molar-refractivity contribution is -0.109. The fourth-order valence-corrected chi connectivity index (χ4v) is 4.75. The number of rotatable bonds is 10. The van der Waals surface area contributed by atoms with Crippen LogP contribution in [0.4, 0.5) is 15.0 Å². The summed E-state index contributed by atoms with van der Waals surface area (Å²) in [5, 5.41) is 17.9. The van der Waals surface area contributed by atoms with Gasteiger partial charge in [-0.15, -0.1) is 0 Å². The standard InChI is InChI=1S/C29H31ClFN5O4/c1-29(2,3)40-28(39)33-12-7-14-36(15-13-32-17-37)26-21-16-22(30)23(24(31)25(21)34-27(38)35-26)20-11-6-9-18-8-4-5-10-19(18)20/h4-6,8-11,16-17H,7,12-15H2,1-3H3,(H,32,37)(H,33,39)(H,34,35,38). The van der Waals surface area contributed by atoms with E-state index in [0.29, 0.717) is 43.4 Å². The zero-order chi connectivity index (χ0) is 28.9. The highest BCUT2D eigenvalue weighted by Crippen LogP contribution is 2.40. The van der Waals surface area contributed by atoms with Crippen LogP contribution in [0, 0.1) is 5.82 Å². The third-order valence-electron chi connectivity index (χ3n) is 6.09. The van der Waals surface area contributed by atoms with Crippen LogP contribution in [0.25, 0.3) is 32.8 Å². The van der Waals surface area contributed by atoms with Gasteiger partial charge in [-0.3, -0.25) is 4.79 Å². The Hall–Kier alpha value is -4.18. The second-order valence-electron chi connectivity index (χ2n) is 10.2. The Kier molecular flexibility index (Phi) is 8.89. The van der Waals surface area contributed by atoms with Crippen LogP contribution in [0.1, 0.15) is 27.2 Å². The predicted octanol–water partition coefficient (Wildman–Crippen LogP) is 5.42. The minimum Gasteiger partial charge on any atom is -0.479 e. The highest BCUT2D eigenvalue weighted by molar-refractivity contribution is 6.35. The summed E-state index contributed by atoms with van der Waals surface area (Å²) in [4.78, 5) is 32.9. The molecule has 11 heteroatoms. The molecule has 0 atom stereocenters. The van der Waals surface area contributed by atoms with Crippen molar-refractivity contribution in [1.82, 2.24) is 20.6 Å². The molecule has 2 amide bonds. The van der Waals surface area contributed by atoms with Crippen LogP contribution in [-0.4, -0.2) is 59.4 Å². The number of anilines is 1. The number of halogens is 2. The summed E-state index contributed by atoms with van der Waals surface area (Å²) in [6.07, 6.45) is 0.503. The predicted molar refractivity (Wildman–Crippen MR) is 154 cm³/mol. The molecule has 0 unspecified atom stereocenters. The average molecular weight is 568 g/mol. The first-order valence-electron chi connectivity index (χ1n) is 12.8. The van der Waals surface area contributed by atoms with Crippen LogP contribution < -0.4 is 15.5 Å². The number of aromatic nitrogens is 2. The van der Waals surface area contributed by atoms with E-state index in [9.17, 15) is 14.7 Å². The minimum absolute atomic E-state index is 0.0879. The molecule has 0 bridgehead atoms. The van der Waals surface area contributed by atoms with Crippen molar-refractivity contribution in [2.45, 2.75) is 32.8 Å². The molecule has 40 heavy (non-hydrogen) atoms. The maximum atomic E-state index is 16.2. The molecule has 3 N–H and O–H groups in total.